The lowest BCUT2D eigenvalue weighted by Gasteiger charge is -2.13. The Morgan fingerprint density at radius 3 is 2.50 bits per heavy atom. The van der Waals surface area contributed by atoms with Gasteiger partial charge in [-0.05, 0) is 18.1 Å². The van der Waals surface area contributed by atoms with Gasteiger partial charge in [-0.3, -0.25) is 0 Å². The minimum atomic E-state index is 0.160. The lowest BCUT2D eigenvalue weighted by molar-refractivity contribution is 0.249. The van der Waals surface area contributed by atoms with Gasteiger partial charge in [0.2, 0.25) is 0 Å². The topological polar surface area (TPSA) is 27.7 Å². The number of hydrogen-bond donors (Lipinski definition) is 0. The fourth-order valence-corrected chi connectivity index (χ4v) is 2.51. The molecule has 18 heavy (non-hydrogen) atoms. The molecular weight excluding hydrogens is 228 g/mol. The normalized spacial score (nSPS) is 17.4. The van der Waals surface area contributed by atoms with Gasteiger partial charge in [-0.25, -0.2) is 0 Å². The van der Waals surface area contributed by atoms with E-state index in [1.165, 1.54) is 5.56 Å². The summed E-state index contributed by atoms with van der Waals surface area (Å²) in [6, 6.07) is 6.00. The average Bonchev–Trinajstić information content (AvgIpc) is 2.72. The van der Waals surface area contributed by atoms with Crippen molar-refractivity contribution in [2.75, 3.05) is 21.3 Å². The zero-order valence-electron chi connectivity index (χ0n) is 11.0. The number of fused-ring (bicyclic) bond motifs is 1. The van der Waals surface area contributed by atoms with Gasteiger partial charge in [0.1, 0.15) is 11.5 Å². The van der Waals surface area contributed by atoms with Crippen LogP contribution in [0.4, 0.5) is 0 Å². The molecule has 1 aromatic rings. The molecule has 3 heteroatoms. The Labute approximate surface area is 108 Å². The Kier molecular flexibility index (Phi) is 3.60. The van der Waals surface area contributed by atoms with Crippen molar-refractivity contribution in [2.24, 2.45) is 0 Å². The van der Waals surface area contributed by atoms with Crippen molar-refractivity contribution in [1.29, 1.82) is 0 Å². The van der Waals surface area contributed by atoms with Crippen molar-refractivity contribution >= 4 is 5.76 Å². The molecule has 0 N–H and O–H groups in total. The fraction of sp³-hybridized carbons (Fsp3) is 0.333. The van der Waals surface area contributed by atoms with Crippen LogP contribution in [0.15, 0.2) is 36.6 Å². The first-order chi connectivity index (χ1) is 8.78. The highest BCUT2D eigenvalue weighted by Crippen LogP contribution is 2.47. The first-order valence-corrected chi connectivity index (χ1v) is 5.88. The monoisotopic (exact) mass is 246 g/mol. The molecule has 1 unspecified atom stereocenters. The third-order valence-corrected chi connectivity index (χ3v) is 3.25. The van der Waals surface area contributed by atoms with Gasteiger partial charge < -0.3 is 14.2 Å². The van der Waals surface area contributed by atoms with Crippen LogP contribution in [-0.2, 0) is 9.47 Å². The summed E-state index contributed by atoms with van der Waals surface area (Å²) in [7, 11) is 4.99. The molecule has 0 amide bonds. The van der Waals surface area contributed by atoms with E-state index >= 15 is 0 Å². The minimum Gasteiger partial charge on any atom is -0.497 e. The Morgan fingerprint density at radius 1 is 1.17 bits per heavy atom. The van der Waals surface area contributed by atoms with Gasteiger partial charge in [0.15, 0.2) is 5.76 Å². The fourth-order valence-electron chi connectivity index (χ4n) is 2.51. The van der Waals surface area contributed by atoms with Crippen LogP contribution in [0.5, 0.6) is 5.75 Å². The van der Waals surface area contributed by atoms with E-state index in [1.54, 1.807) is 21.3 Å². The van der Waals surface area contributed by atoms with Gasteiger partial charge in [0.25, 0.3) is 0 Å². The standard InChI is InChI=1S/C15H18O3/c1-5-7-11-10-8-6-9-12(16-2)13(10)15(18-4)14(11)17-3/h5-6,8-9,11H,1,7H2,2-4H3. The molecular formula is C15H18O3. The van der Waals surface area contributed by atoms with Crippen molar-refractivity contribution in [2.45, 2.75) is 12.3 Å². The second kappa shape index (κ2) is 5.17. The van der Waals surface area contributed by atoms with Crippen LogP contribution >= 0.6 is 0 Å². The third kappa shape index (κ3) is 1.76. The zero-order chi connectivity index (χ0) is 13.1. The Balaban J connectivity index is 2.63. The van der Waals surface area contributed by atoms with Gasteiger partial charge in [0, 0.05) is 5.92 Å². The maximum Gasteiger partial charge on any atom is 0.168 e. The number of allylic oxidation sites excluding steroid dienone is 2. The molecule has 0 aromatic heterocycles. The predicted octanol–water partition coefficient (Wildman–Crippen LogP) is 3.33. The summed E-state index contributed by atoms with van der Waals surface area (Å²) in [6.07, 6.45) is 2.71. The maximum atomic E-state index is 5.51. The second-order valence-corrected chi connectivity index (χ2v) is 4.10. The van der Waals surface area contributed by atoms with Crippen LogP contribution in [-0.4, -0.2) is 21.3 Å². The summed E-state index contributed by atoms with van der Waals surface area (Å²) in [6.45, 7) is 3.81. The SMILES string of the molecule is C=CCC1C(OC)=C(OC)c2c(OC)cccc21. The number of hydrogen-bond acceptors (Lipinski definition) is 3. The number of ether oxygens (including phenoxy) is 3. The molecule has 0 aliphatic heterocycles. The molecule has 1 atom stereocenters. The Morgan fingerprint density at radius 2 is 1.94 bits per heavy atom. The molecule has 0 saturated carbocycles. The summed E-state index contributed by atoms with van der Waals surface area (Å²) < 4.78 is 16.4. The van der Waals surface area contributed by atoms with Gasteiger partial charge >= 0.3 is 0 Å². The number of benzene rings is 1. The van der Waals surface area contributed by atoms with Crippen molar-refractivity contribution < 1.29 is 14.2 Å². The highest BCUT2D eigenvalue weighted by molar-refractivity contribution is 5.77. The number of methoxy groups -OCH3 is 3. The highest BCUT2D eigenvalue weighted by Gasteiger charge is 2.34. The largest absolute Gasteiger partial charge is 0.497 e. The molecule has 0 fully saturated rings. The molecule has 0 radical (unpaired) electrons. The van der Waals surface area contributed by atoms with E-state index in [9.17, 15) is 0 Å². The first kappa shape index (κ1) is 12.6. The third-order valence-electron chi connectivity index (χ3n) is 3.25. The lowest BCUT2D eigenvalue weighted by atomic mass is 9.96. The van der Waals surface area contributed by atoms with Gasteiger partial charge in [-0.2, -0.15) is 0 Å². The van der Waals surface area contributed by atoms with Crippen molar-refractivity contribution in [3.63, 3.8) is 0 Å². The van der Waals surface area contributed by atoms with E-state index in [0.717, 1.165) is 29.3 Å². The van der Waals surface area contributed by atoms with E-state index in [-0.39, 0.29) is 5.92 Å². The molecule has 2 rings (SSSR count). The summed E-state index contributed by atoms with van der Waals surface area (Å²) in [4.78, 5) is 0. The van der Waals surface area contributed by atoms with Crippen molar-refractivity contribution in [3.05, 3.63) is 47.7 Å². The molecule has 0 spiro atoms. The van der Waals surface area contributed by atoms with Crippen LogP contribution in [0.2, 0.25) is 0 Å². The quantitative estimate of drug-likeness (QED) is 0.746. The van der Waals surface area contributed by atoms with Crippen LogP contribution in [0.25, 0.3) is 5.76 Å². The predicted molar refractivity (Wildman–Crippen MR) is 71.5 cm³/mol. The average molecular weight is 246 g/mol. The maximum absolute atomic E-state index is 5.51. The van der Waals surface area contributed by atoms with E-state index in [2.05, 4.69) is 12.6 Å². The first-order valence-electron chi connectivity index (χ1n) is 5.88. The molecule has 0 heterocycles. The smallest absolute Gasteiger partial charge is 0.168 e. The highest BCUT2D eigenvalue weighted by atomic mass is 16.5. The van der Waals surface area contributed by atoms with Gasteiger partial charge in [-0.1, -0.05) is 18.2 Å². The summed E-state index contributed by atoms with van der Waals surface area (Å²) in [5.74, 6) is 2.58. The lowest BCUT2D eigenvalue weighted by Crippen LogP contribution is -1.99. The summed E-state index contributed by atoms with van der Waals surface area (Å²) in [5.41, 5.74) is 2.16. The molecule has 96 valence electrons. The minimum absolute atomic E-state index is 0.160. The van der Waals surface area contributed by atoms with Crippen LogP contribution in [0.3, 0.4) is 0 Å². The van der Waals surface area contributed by atoms with E-state index in [4.69, 9.17) is 14.2 Å². The van der Waals surface area contributed by atoms with E-state index in [1.807, 2.05) is 18.2 Å². The van der Waals surface area contributed by atoms with E-state index in [0.29, 0.717) is 0 Å². The summed E-state index contributed by atoms with van der Waals surface area (Å²) >= 11 is 0. The number of rotatable bonds is 5. The molecule has 0 bridgehead atoms. The molecule has 1 aliphatic carbocycles. The Hall–Kier alpha value is -1.90. The molecule has 1 aromatic carbocycles. The zero-order valence-corrected chi connectivity index (χ0v) is 11.0. The molecule has 1 aliphatic rings. The van der Waals surface area contributed by atoms with Crippen molar-refractivity contribution in [3.8, 4) is 5.75 Å². The molecule has 0 saturated heterocycles. The van der Waals surface area contributed by atoms with Crippen LogP contribution < -0.4 is 4.74 Å². The van der Waals surface area contributed by atoms with E-state index < -0.39 is 0 Å². The summed E-state index contributed by atoms with van der Waals surface area (Å²) in [5, 5.41) is 0. The second-order valence-electron chi connectivity index (χ2n) is 4.10. The van der Waals surface area contributed by atoms with Crippen molar-refractivity contribution in [1.82, 2.24) is 0 Å². The van der Waals surface area contributed by atoms with Crippen LogP contribution in [0.1, 0.15) is 23.5 Å². The molecule has 3 nitrogen and oxygen atoms in total. The van der Waals surface area contributed by atoms with Crippen LogP contribution in [0, 0.1) is 0 Å². The Bertz CT molecular complexity index is 489. The van der Waals surface area contributed by atoms with Gasteiger partial charge in [0.05, 0.1) is 26.9 Å². The van der Waals surface area contributed by atoms with Gasteiger partial charge in [-0.15, -0.1) is 6.58 Å².